The average Bonchev–Trinajstić information content (AvgIpc) is 2.73. The smallest absolute Gasteiger partial charge is 0.252 e. The standard InChI is InChI=1S/C21H25N5O2/c27-20(19-12-16-4-1-2-5-17(16)15-28-19)26-13-18(14-26)24-8-10-25(11-9-24)21-22-6-3-7-23-21/h1-7,18-19H,8-15H2. The van der Waals surface area contributed by atoms with E-state index < -0.39 is 0 Å². The Hall–Kier alpha value is -2.51. The Morgan fingerprint density at radius 3 is 2.43 bits per heavy atom. The number of piperazine rings is 1. The van der Waals surface area contributed by atoms with Gasteiger partial charge in [0.15, 0.2) is 0 Å². The zero-order valence-electron chi connectivity index (χ0n) is 15.9. The number of hydrogen-bond donors (Lipinski definition) is 0. The number of amides is 1. The topological polar surface area (TPSA) is 61.8 Å². The molecule has 1 aromatic heterocycles. The van der Waals surface area contributed by atoms with Gasteiger partial charge in [-0.3, -0.25) is 9.69 Å². The van der Waals surface area contributed by atoms with Crippen LogP contribution in [0.15, 0.2) is 42.7 Å². The Labute approximate surface area is 164 Å². The number of benzene rings is 1. The molecule has 7 heteroatoms. The van der Waals surface area contributed by atoms with Gasteiger partial charge in [-0.05, 0) is 17.2 Å². The highest BCUT2D eigenvalue weighted by molar-refractivity contribution is 5.82. The van der Waals surface area contributed by atoms with Crippen LogP contribution in [0.5, 0.6) is 0 Å². The van der Waals surface area contributed by atoms with Crippen molar-refractivity contribution >= 4 is 11.9 Å². The molecule has 3 aliphatic rings. The Kier molecular flexibility index (Phi) is 4.70. The summed E-state index contributed by atoms with van der Waals surface area (Å²) >= 11 is 0. The summed E-state index contributed by atoms with van der Waals surface area (Å²) < 4.78 is 5.84. The van der Waals surface area contributed by atoms with E-state index in [9.17, 15) is 4.79 Å². The highest BCUT2D eigenvalue weighted by Gasteiger charge is 2.39. The predicted molar refractivity (Wildman–Crippen MR) is 105 cm³/mol. The van der Waals surface area contributed by atoms with E-state index in [1.165, 1.54) is 11.1 Å². The van der Waals surface area contributed by atoms with Crippen LogP contribution in [0.2, 0.25) is 0 Å². The number of ether oxygens (including phenoxy) is 1. The van der Waals surface area contributed by atoms with E-state index in [0.717, 1.165) is 45.2 Å². The van der Waals surface area contributed by atoms with Gasteiger partial charge >= 0.3 is 0 Å². The van der Waals surface area contributed by atoms with Crippen LogP contribution in [0, 0.1) is 0 Å². The summed E-state index contributed by atoms with van der Waals surface area (Å²) in [5.74, 6) is 0.948. The summed E-state index contributed by atoms with van der Waals surface area (Å²) in [5.41, 5.74) is 2.44. The van der Waals surface area contributed by atoms with Crippen molar-refractivity contribution in [2.45, 2.75) is 25.2 Å². The van der Waals surface area contributed by atoms with E-state index in [2.05, 4.69) is 31.9 Å². The molecule has 0 N–H and O–H groups in total. The van der Waals surface area contributed by atoms with Crippen molar-refractivity contribution in [1.82, 2.24) is 19.8 Å². The first-order valence-corrected chi connectivity index (χ1v) is 10.0. The number of anilines is 1. The molecule has 2 aromatic rings. The van der Waals surface area contributed by atoms with E-state index in [1.807, 2.05) is 23.1 Å². The number of nitrogens with zero attached hydrogens (tertiary/aromatic N) is 5. The number of aromatic nitrogens is 2. The summed E-state index contributed by atoms with van der Waals surface area (Å²) in [7, 11) is 0. The molecule has 1 atom stereocenters. The van der Waals surface area contributed by atoms with E-state index in [4.69, 9.17) is 4.74 Å². The first-order valence-electron chi connectivity index (χ1n) is 10.0. The van der Waals surface area contributed by atoms with Gasteiger partial charge in [-0.2, -0.15) is 0 Å². The maximum absolute atomic E-state index is 12.8. The van der Waals surface area contributed by atoms with Crippen LogP contribution in [0.4, 0.5) is 5.95 Å². The third kappa shape index (κ3) is 3.36. The fraction of sp³-hybridized carbons (Fsp3) is 0.476. The fourth-order valence-electron chi connectivity index (χ4n) is 4.32. The average molecular weight is 379 g/mol. The largest absolute Gasteiger partial charge is 0.363 e. The van der Waals surface area contributed by atoms with Crippen LogP contribution in [-0.2, 0) is 22.6 Å². The van der Waals surface area contributed by atoms with Gasteiger partial charge in [-0.25, -0.2) is 9.97 Å². The minimum atomic E-state index is -0.331. The monoisotopic (exact) mass is 379 g/mol. The summed E-state index contributed by atoms with van der Waals surface area (Å²) in [4.78, 5) is 28.2. The molecule has 28 heavy (non-hydrogen) atoms. The Bertz CT molecular complexity index is 832. The molecule has 3 aliphatic heterocycles. The molecule has 2 saturated heterocycles. The van der Waals surface area contributed by atoms with Crippen LogP contribution < -0.4 is 4.90 Å². The van der Waals surface area contributed by atoms with Gasteiger partial charge in [0, 0.05) is 64.1 Å². The number of likely N-dealkylation sites (tertiary alicyclic amines) is 1. The number of hydrogen-bond acceptors (Lipinski definition) is 6. The van der Waals surface area contributed by atoms with Crippen LogP contribution in [0.25, 0.3) is 0 Å². The molecule has 7 nitrogen and oxygen atoms in total. The lowest BCUT2D eigenvalue weighted by Gasteiger charge is -2.49. The lowest BCUT2D eigenvalue weighted by molar-refractivity contribution is -0.153. The first kappa shape index (κ1) is 17.6. The summed E-state index contributed by atoms with van der Waals surface area (Å²) in [6, 6.07) is 10.5. The Morgan fingerprint density at radius 2 is 1.68 bits per heavy atom. The van der Waals surface area contributed by atoms with Crippen LogP contribution in [0.1, 0.15) is 11.1 Å². The van der Waals surface area contributed by atoms with Gasteiger partial charge in [0.2, 0.25) is 5.95 Å². The molecule has 146 valence electrons. The van der Waals surface area contributed by atoms with E-state index in [-0.39, 0.29) is 12.0 Å². The second kappa shape index (κ2) is 7.48. The molecule has 5 rings (SSSR count). The second-order valence-electron chi connectivity index (χ2n) is 7.74. The highest BCUT2D eigenvalue weighted by Crippen LogP contribution is 2.25. The zero-order chi connectivity index (χ0) is 18.9. The lowest BCUT2D eigenvalue weighted by Crippen LogP contribution is -2.65. The van der Waals surface area contributed by atoms with E-state index in [1.54, 1.807) is 12.4 Å². The predicted octanol–water partition coefficient (Wildman–Crippen LogP) is 0.951. The Morgan fingerprint density at radius 1 is 0.964 bits per heavy atom. The second-order valence-corrected chi connectivity index (χ2v) is 7.74. The summed E-state index contributed by atoms with van der Waals surface area (Å²) in [5, 5.41) is 0. The summed E-state index contributed by atoms with van der Waals surface area (Å²) in [6.45, 7) is 5.97. The third-order valence-electron chi connectivity index (χ3n) is 6.08. The molecule has 0 radical (unpaired) electrons. The number of rotatable bonds is 3. The number of carbonyl (C=O) groups excluding carboxylic acids is 1. The minimum Gasteiger partial charge on any atom is -0.363 e. The van der Waals surface area contributed by atoms with E-state index >= 15 is 0 Å². The third-order valence-corrected chi connectivity index (χ3v) is 6.08. The fourth-order valence-corrected chi connectivity index (χ4v) is 4.32. The molecule has 2 fully saturated rings. The quantitative estimate of drug-likeness (QED) is 0.791. The zero-order valence-corrected chi connectivity index (χ0v) is 15.9. The minimum absolute atomic E-state index is 0.141. The van der Waals surface area contributed by atoms with Crippen LogP contribution in [0.3, 0.4) is 0 Å². The van der Waals surface area contributed by atoms with Gasteiger partial charge in [-0.15, -0.1) is 0 Å². The molecule has 1 aromatic carbocycles. The van der Waals surface area contributed by atoms with Gasteiger partial charge in [0.05, 0.1) is 6.61 Å². The van der Waals surface area contributed by atoms with Crippen molar-refractivity contribution in [3.8, 4) is 0 Å². The van der Waals surface area contributed by atoms with E-state index in [0.29, 0.717) is 19.1 Å². The normalized spacial score (nSPS) is 23.2. The maximum atomic E-state index is 12.8. The molecule has 0 saturated carbocycles. The van der Waals surface area contributed by atoms with Crippen molar-refractivity contribution in [1.29, 1.82) is 0 Å². The van der Waals surface area contributed by atoms with Crippen molar-refractivity contribution in [2.75, 3.05) is 44.2 Å². The highest BCUT2D eigenvalue weighted by atomic mass is 16.5. The molecule has 0 spiro atoms. The van der Waals surface area contributed by atoms with Crippen LogP contribution in [-0.4, -0.2) is 77.1 Å². The SMILES string of the molecule is O=C(C1Cc2ccccc2CO1)N1CC(N2CCN(c3ncccn3)CC2)C1. The van der Waals surface area contributed by atoms with Gasteiger partial charge < -0.3 is 14.5 Å². The molecular weight excluding hydrogens is 354 g/mol. The number of carbonyl (C=O) groups is 1. The van der Waals surface area contributed by atoms with Crippen molar-refractivity contribution in [2.24, 2.45) is 0 Å². The maximum Gasteiger partial charge on any atom is 0.252 e. The van der Waals surface area contributed by atoms with Gasteiger partial charge in [0.1, 0.15) is 6.10 Å². The first-order chi connectivity index (χ1) is 13.8. The molecular formula is C21H25N5O2. The van der Waals surface area contributed by atoms with Crippen molar-refractivity contribution in [3.05, 3.63) is 53.9 Å². The Balaban J connectivity index is 1.11. The molecule has 1 unspecified atom stereocenters. The van der Waals surface area contributed by atoms with Crippen molar-refractivity contribution < 1.29 is 9.53 Å². The van der Waals surface area contributed by atoms with Gasteiger partial charge in [-0.1, -0.05) is 24.3 Å². The molecule has 0 aliphatic carbocycles. The molecule has 0 bridgehead atoms. The molecule has 4 heterocycles. The van der Waals surface area contributed by atoms with Crippen LogP contribution >= 0.6 is 0 Å². The van der Waals surface area contributed by atoms with Crippen molar-refractivity contribution in [3.63, 3.8) is 0 Å². The number of fused-ring (bicyclic) bond motifs is 1. The van der Waals surface area contributed by atoms with Gasteiger partial charge in [0.25, 0.3) is 5.91 Å². The lowest BCUT2D eigenvalue weighted by atomic mass is 9.97. The summed E-state index contributed by atoms with van der Waals surface area (Å²) in [6.07, 6.45) is 3.93. The molecule has 1 amide bonds.